The molecule has 2 aromatic rings. The van der Waals surface area contributed by atoms with Crippen LogP contribution < -0.4 is 16.0 Å². The van der Waals surface area contributed by atoms with E-state index in [1.807, 2.05) is 30.3 Å². The van der Waals surface area contributed by atoms with E-state index < -0.39 is 36.5 Å². The highest BCUT2D eigenvalue weighted by Crippen LogP contribution is 2.10. The Kier molecular flexibility index (Phi) is 10.4. The van der Waals surface area contributed by atoms with Crippen molar-refractivity contribution in [3.8, 4) is 0 Å². The Hall–Kier alpha value is -3.92. The number of hydrogen-bond acceptors (Lipinski definition) is 6. The lowest BCUT2D eigenvalue weighted by molar-refractivity contribution is -0.139. The molecule has 2 aromatic carbocycles. The molecule has 0 aromatic heterocycles. The van der Waals surface area contributed by atoms with Crippen LogP contribution in [0.3, 0.4) is 0 Å². The van der Waals surface area contributed by atoms with Crippen LogP contribution in [0.5, 0.6) is 0 Å². The third-order valence-electron chi connectivity index (χ3n) is 4.64. The molecule has 10 heteroatoms. The molecule has 0 saturated heterocycles. The van der Waals surface area contributed by atoms with E-state index in [1.165, 1.54) is 6.07 Å². The first kappa shape index (κ1) is 25.3. The standard InChI is InChI=1S/C23H27N3O7/c27-14-20(28)25-13-17-9-4-5-10-18(17)21(29)26-19(22(30)31)11-6-12-24-23(32)33-15-16-7-2-1-3-8-16/h1-5,7-10,19,27H,6,11-15H2,(H,24,32)(H,25,28)(H,26,29)(H,30,31)/t19-/m0/s1. The number of carboxylic acid groups (broad SMARTS) is 1. The minimum absolute atomic E-state index is 0.00966. The molecule has 0 aliphatic carbocycles. The van der Waals surface area contributed by atoms with Crippen LogP contribution in [-0.4, -0.2) is 53.3 Å². The van der Waals surface area contributed by atoms with E-state index in [4.69, 9.17) is 9.84 Å². The van der Waals surface area contributed by atoms with Crippen LogP contribution in [0.1, 0.15) is 34.3 Å². The summed E-state index contributed by atoms with van der Waals surface area (Å²) in [4.78, 5) is 47.2. The van der Waals surface area contributed by atoms with Crippen LogP contribution in [0.25, 0.3) is 0 Å². The quantitative estimate of drug-likeness (QED) is 0.300. The van der Waals surface area contributed by atoms with E-state index in [2.05, 4.69) is 16.0 Å². The van der Waals surface area contributed by atoms with Crippen LogP contribution in [-0.2, 0) is 27.5 Å². The van der Waals surface area contributed by atoms with Crippen molar-refractivity contribution in [3.63, 3.8) is 0 Å². The number of rotatable bonds is 12. The number of carboxylic acids is 1. The number of amides is 3. The van der Waals surface area contributed by atoms with E-state index >= 15 is 0 Å². The van der Waals surface area contributed by atoms with Gasteiger partial charge in [0.05, 0.1) is 0 Å². The van der Waals surface area contributed by atoms with Crippen molar-refractivity contribution in [3.05, 3.63) is 71.3 Å². The first-order valence-corrected chi connectivity index (χ1v) is 10.3. The predicted molar refractivity (Wildman–Crippen MR) is 118 cm³/mol. The second kappa shape index (κ2) is 13.5. The molecule has 0 bridgehead atoms. The molecule has 0 unspecified atom stereocenters. The van der Waals surface area contributed by atoms with Crippen LogP contribution in [0, 0.1) is 0 Å². The number of alkyl carbamates (subject to hydrolysis) is 1. The molecule has 0 aliphatic rings. The molecule has 0 fully saturated rings. The van der Waals surface area contributed by atoms with E-state index in [0.717, 1.165) is 5.56 Å². The molecular weight excluding hydrogens is 430 g/mol. The van der Waals surface area contributed by atoms with E-state index in [9.17, 15) is 24.3 Å². The minimum atomic E-state index is -1.21. The molecule has 0 radical (unpaired) electrons. The Morgan fingerprint density at radius 3 is 2.33 bits per heavy atom. The highest BCUT2D eigenvalue weighted by atomic mass is 16.5. The van der Waals surface area contributed by atoms with Crippen molar-refractivity contribution in [2.24, 2.45) is 0 Å². The SMILES string of the molecule is O=C(CO)NCc1ccccc1C(=O)N[C@@H](CCCNC(=O)OCc1ccccc1)C(=O)O. The molecule has 10 nitrogen and oxygen atoms in total. The van der Waals surface area contributed by atoms with E-state index in [-0.39, 0.29) is 31.7 Å². The predicted octanol–water partition coefficient (Wildman–Crippen LogP) is 1.18. The zero-order chi connectivity index (χ0) is 24.1. The zero-order valence-corrected chi connectivity index (χ0v) is 18.0. The molecule has 1 atom stereocenters. The Bertz CT molecular complexity index is 950. The Labute approximate surface area is 191 Å². The molecular formula is C23H27N3O7. The first-order valence-electron chi connectivity index (χ1n) is 10.3. The Balaban J connectivity index is 1.81. The van der Waals surface area contributed by atoms with Crippen molar-refractivity contribution >= 4 is 23.9 Å². The van der Waals surface area contributed by atoms with Crippen LogP contribution in [0.2, 0.25) is 0 Å². The van der Waals surface area contributed by atoms with Gasteiger partial charge in [-0.3, -0.25) is 9.59 Å². The topological polar surface area (TPSA) is 154 Å². The maximum absolute atomic E-state index is 12.6. The maximum Gasteiger partial charge on any atom is 0.407 e. The van der Waals surface area contributed by atoms with Gasteiger partial charge in [0.15, 0.2) is 0 Å². The monoisotopic (exact) mass is 457 g/mol. The lowest BCUT2D eigenvalue weighted by Gasteiger charge is -2.16. The smallest absolute Gasteiger partial charge is 0.407 e. The Morgan fingerprint density at radius 1 is 0.939 bits per heavy atom. The number of benzene rings is 2. The maximum atomic E-state index is 12.6. The number of aliphatic hydroxyl groups excluding tert-OH is 1. The summed E-state index contributed by atoms with van der Waals surface area (Å²) in [6.07, 6.45) is -0.233. The van der Waals surface area contributed by atoms with Crippen molar-refractivity contribution < 1.29 is 34.1 Å². The van der Waals surface area contributed by atoms with Gasteiger partial charge in [-0.2, -0.15) is 0 Å². The number of aliphatic carboxylic acids is 1. The van der Waals surface area contributed by atoms with Gasteiger partial charge >= 0.3 is 12.1 Å². The molecule has 2 rings (SSSR count). The lowest BCUT2D eigenvalue weighted by atomic mass is 10.1. The largest absolute Gasteiger partial charge is 0.480 e. The average Bonchev–Trinajstić information content (AvgIpc) is 2.83. The summed E-state index contributed by atoms with van der Waals surface area (Å²) >= 11 is 0. The summed E-state index contributed by atoms with van der Waals surface area (Å²) in [5, 5.41) is 25.7. The van der Waals surface area contributed by atoms with Crippen molar-refractivity contribution in [1.82, 2.24) is 16.0 Å². The minimum Gasteiger partial charge on any atom is -0.480 e. The fourth-order valence-corrected chi connectivity index (χ4v) is 2.91. The lowest BCUT2D eigenvalue weighted by Crippen LogP contribution is -2.41. The Morgan fingerprint density at radius 2 is 1.64 bits per heavy atom. The molecule has 0 saturated carbocycles. The number of carbonyl (C=O) groups excluding carboxylic acids is 3. The van der Waals surface area contributed by atoms with Gasteiger partial charge in [0.1, 0.15) is 19.3 Å². The van der Waals surface area contributed by atoms with E-state index in [1.54, 1.807) is 18.2 Å². The normalized spacial score (nSPS) is 11.2. The third-order valence-corrected chi connectivity index (χ3v) is 4.64. The fraction of sp³-hybridized carbons (Fsp3) is 0.304. The van der Waals surface area contributed by atoms with Gasteiger partial charge in [-0.15, -0.1) is 0 Å². The summed E-state index contributed by atoms with van der Waals surface area (Å²) in [5.41, 5.74) is 1.53. The van der Waals surface area contributed by atoms with Gasteiger partial charge in [0.25, 0.3) is 5.91 Å². The van der Waals surface area contributed by atoms with Crippen LogP contribution >= 0.6 is 0 Å². The highest BCUT2D eigenvalue weighted by Gasteiger charge is 2.22. The van der Waals surface area contributed by atoms with E-state index in [0.29, 0.717) is 12.0 Å². The summed E-state index contributed by atoms with van der Waals surface area (Å²) in [7, 11) is 0. The molecule has 3 amide bonds. The summed E-state index contributed by atoms with van der Waals surface area (Å²) < 4.78 is 5.08. The summed E-state index contributed by atoms with van der Waals surface area (Å²) in [6.45, 7) is -0.366. The molecule has 5 N–H and O–H groups in total. The number of nitrogens with one attached hydrogen (secondary N) is 3. The fourth-order valence-electron chi connectivity index (χ4n) is 2.91. The molecule has 0 heterocycles. The van der Waals surface area contributed by atoms with Gasteiger partial charge in [0, 0.05) is 18.7 Å². The number of aliphatic hydroxyl groups is 1. The molecule has 176 valence electrons. The van der Waals surface area contributed by atoms with Gasteiger partial charge in [-0.05, 0) is 30.0 Å². The average molecular weight is 457 g/mol. The third kappa shape index (κ3) is 8.99. The van der Waals surface area contributed by atoms with Crippen molar-refractivity contribution in [1.29, 1.82) is 0 Å². The number of hydrogen-bond donors (Lipinski definition) is 5. The highest BCUT2D eigenvalue weighted by molar-refractivity contribution is 5.98. The van der Waals surface area contributed by atoms with Crippen molar-refractivity contribution in [2.45, 2.75) is 32.0 Å². The van der Waals surface area contributed by atoms with Gasteiger partial charge in [-0.25, -0.2) is 9.59 Å². The number of carbonyl (C=O) groups is 4. The van der Waals surface area contributed by atoms with Crippen LogP contribution in [0.15, 0.2) is 54.6 Å². The summed E-state index contributed by atoms with van der Waals surface area (Å²) in [6, 6.07) is 14.4. The van der Waals surface area contributed by atoms with Gasteiger partial charge in [0.2, 0.25) is 5.91 Å². The summed E-state index contributed by atoms with van der Waals surface area (Å²) in [5.74, 6) is -2.41. The van der Waals surface area contributed by atoms with Gasteiger partial charge in [-0.1, -0.05) is 48.5 Å². The van der Waals surface area contributed by atoms with Gasteiger partial charge < -0.3 is 30.9 Å². The number of ether oxygens (including phenoxy) is 1. The molecule has 33 heavy (non-hydrogen) atoms. The van der Waals surface area contributed by atoms with Crippen molar-refractivity contribution in [2.75, 3.05) is 13.2 Å². The molecule has 0 spiro atoms. The second-order valence-corrected chi connectivity index (χ2v) is 7.09. The second-order valence-electron chi connectivity index (χ2n) is 7.09. The first-order chi connectivity index (χ1) is 15.9. The zero-order valence-electron chi connectivity index (χ0n) is 18.0. The molecule has 0 aliphatic heterocycles. The van der Waals surface area contributed by atoms with Crippen LogP contribution in [0.4, 0.5) is 4.79 Å².